The van der Waals surface area contributed by atoms with Crippen molar-refractivity contribution in [2.45, 2.75) is 57.8 Å². The Kier molecular flexibility index (Phi) is 3.90. The number of nitrogens with two attached hydrogens (primary N) is 1. The van der Waals surface area contributed by atoms with Crippen molar-refractivity contribution < 1.29 is 0 Å². The average molecular weight is 272 g/mol. The molecule has 0 saturated heterocycles. The number of nitrogens with zero attached hydrogens (tertiary/aromatic N) is 3. The molecule has 108 valence electrons. The smallest absolute Gasteiger partial charge is 0.183 e. The van der Waals surface area contributed by atoms with Crippen LogP contribution in [0.3, 0.4) is 0 Å². The zero-order valence-electron chi connectivity index (χ0n) is 12.3. The molecule has 0 aromatic carbocycles. The highest BCUT2D eigenvalue weighted by Gasteiger charge is 2.25. The number of hydrogen-bond donors (Lipinski definition) is 1. The van der Waals surface area contributed by atoms with E-state index in [-0.39, 0.29) is 0 Å². The van der Waals surface area contributed by atoms with Crippen LogP contribution in [-0.4, -0.2) is 14.6 Å². The Hall–Kier alpha value is -1.58. The van der Waals surface area contributed by atoms with Gasteiger partial charge < -0.3 is 5.73 Å². The fourth-order valence-electron chi connectivity index (χ4n) is 3.44. The van der Waals surface area contributed by atoms with E-state index in [0.717, 1.165) is 17.4 Å². The molecular formula is C16H24N4. The summed E-state index contributed by atoms with van der Waals surface area (Å²) in [7, 11) is 0. The van der Waals surface area contributed by atoms with E-state index < -0.39 is 0 Å². The molecule has 3 rings (SSSR count). The Labute approximate surface area is 120 Å². The van der Waals surface area contributed by atoms with Crippen LogP contribution in [0.15, 0.2) is 18.3 Å². The van der Waals surface area contributed by atoms with Crippen molar-refractivity contribution in [1.82, 2.24) is 14.6 Å². The van der Waals surface area contributed by atoms with Crippen LogP contribution in [0.5, 0.6) is 0 Å². The molecule has 2 aromatic heterocycles. The van der Waals surface area contributed by atoms with Crippen LogP contribution in [0.1, 0.15) is 63.6 Å². The van der Waals surface area contributed by atoms with Gasteiger partial charge in [0.2, 0.25) is 0 Å². The average Bonchev–Trinajstić information content (AvgIpc) is 2.91. The van der Waals surface area contributed by atoms with Gasteiger partial charge in [-0.05, 0) is 43.7 Å². The second-order valence-corrected chi connectivity index (χ2v) is 6.08. The number of unbranched alkanes of at least 4 members (excludes halogenated alkanes) is 1. The molecule has 0 unspecified atom stereocenters. The van der Waals surface area contributed by atoms with Gasteiger partial charge in [-0.25, -0.2) is 0 Å². The lowest BCUT2D eigenvalue weighted by atomic mass is 9.79. The van der Waals surface area contributed by atoms with Gasteiger partial charge in [-0.1, -0.05) is 26.2 Å². The number of pyridine rings is 1. The molecule has 0 amide bonds. The van der Waals surface area contributed by atoms with E-state index in [4.69, 9.17) is 5.73 Å². The molecule has 1 fully saturated rings. The second-order valence-electron chi connectivity index (χ2n) is 6.08. The van der Waals surface area contributed by atoms with Gasteiger partial charge in [-0.15, -0.1) is 10.2 Å². The summed E-state index contributed by atoms with van der Waals surface area (Å²) in [5.41, 5.74) is 7.47. The maximum atomic E-state index is 5.95. The topological polar surface area (TPSA) is 56.2 Å². The standard InChI is InChI=1S/C16H24N4/c1-2-3-5-12-7-9-13(10-8-12)15-18-19-16-14(17)6-4-11-20(15)16/h4,6,11-13H,2-3,5,7-10,17H2,1H3. The van der Waals surface area contributed by atoms with Crippen molar-refractivity contribution in [3.05, 3.63) is 24.2 Å². The molecule has 0 spiro atoms. The van der Waals surface area contributed by atoms with Crippen molar-refractivity contribution in [3.63, 3.8) is 0 Å². The first-order chi connectivity index (χ1) is 9.79. The minimum atomic E-state index is 0.546. The van der Waals surface area contributed by atoms with E-state index in [1.165, 1.54) is 44.9 Å². The third kappa shape index (κ3) is 2.51. The molecule has 0 aliphatic heterocycles. The molecule has 2 heterocycles. The van der Waals surface area contributed by atoms with Crippen LogP contribution in [-0.2, 0) is 0 Å². The second kappa shape index (κ2) is 5.81. The molecule has 0 radical (unpaired) electrons. The lowest BCUT2D eigenvalue weighted by molar-refractivity contribution is 0.298. The van der Waals surface area contributed by atoms with Crippen molar-refractivity contribution in [1.29, 1.82) is 0 Å². The summed E-state index contributed by atoms with van der Waals surface area (Å²) in [5, 5.41) is 8.65. The minimum absolute atomic E-state index is 0.546. The van der Waals surface area contributed by atoms with Crippen LogP contribution in [0.4, 0.5) is 5.69 Å². The Morgan fingerprint density at radius 2 is 2.05 bits per heavy atom. The third-order valence-electron chi connectivity index (χ3n) is 4.67. The molecule has 1 saturated carbocycles. The number of nitrogen functional groups attached to an aromatic ring is 1. The van der Waals surface area contributed by atoms with E-state index in [9.17, 15) is 0 Å². The van der Waals surface area contributed by atoms with Crippen molar-refractivity contribution in [2.24, 2.45) is 5.92 Å². The Morgan fingerprint density at radius 3 is 2.80 bits per heavy atom. The highest BCUT2D eigenvalue weighted by atomic mass is 15.3. The highest BCUT2D eigenvalue weighted by molar-refractivity contribution is 5.63. The number of fused-ring (bicyclic) bond motifs is 1. The molecule has 2 N–H and O–H groups in total. The fraction of sp³-hybridized carbons (Fsp3) is 0.625. The predicted molar refractivity (Wildman–Crippen MR) is 81.6 cm³/mol. The Morgan fingerprint density at radius 1 is 1.25 bits per heavy atom. The number of anilines is 1. The molecule has 20 heavy (non-hydrogen) atoms. The third-order valence-corrected chi connectivity index (χ3v) is 4.67. The minimum Gasteiger partial charge on any atom is -0.396 e. The van der Waals surface area contributed by atoms with Crippen LogP contribution < -0.4 is 5.73 Å². The Balaban J connectivity index is 1.72. The van der Waals surface area contributed by atoms with Gasteiger partial charge in [-0.2, -0.15) is 0 Å². The van der Waals surface area contributed by atoms with Gasteiger partial charge in [0.15, 0.2) is 5.65 Å². The SMILES string of the molecule is CCCCC1CCC(c2nnc3c(N)cccn23)CC1. The molecule has 0 atom stereocenters. The summed E-state index contributed by atoms with van der Waals surface area (Å²) in [6.07, 6.45) is 11.3. The molecule has 1 aliphatic rings. The maximum Gasteiger partial charge on any atom is 0.183 e. The van der Waals surface area contributed by atoms with Gasteiger partial charge in [-0.3, -0.25) is 4.40 Å². The molecule has 1 aliphatic carbocycles. The maximum absolute atomic E-state index is 5.95. The summed E-state index contributed by atoms with van der Waals surface area (Å²) < 4.78 is 2.08. The van der Waals surface area contributed by atoms with E-state index in [0.29, 0.717) is 11.6 Å². The molecular weight excluding hydrogens is 248 g/mol. The first-order valence-corrected chi connectivity index (χ1v) is 7.88. The summed E-state index contributed by atoms with van der Waals surface area (Å²) in [4.78, 5) is 0. The normalized spacial score (nSPS) is 23.2. The first kappa shape index (κ1) is 13.4. The van der Waals surface area contributed by atoms with Crippen molar-refractivity contribution in [2.75, 3.05) is 5.73 Å². The monoisotopic (exact) mass is 272 g/mol. The summed E-state index contributed by atoms with van der Waals surface area (Å²) in [6.45, 7) is 2.28. The lowest BCUT2D eigenvalue weighted by Crippen LogP contribution is -2.15. The Bertz CT molecular complexity index is 567. The van der Waals surface area contributed by atoms with Crippen LogP contribution in [0.25, 0.3) is 5.65 Å². The van der Waals surface area contributed by atoms with Crippen LogP contribution >= 0.6 is 0 Å². The summed E-state index contributed by atoms with van der Waals surface area (Å²) in [5.74, 6) is 2.57. The van der Waals surface area contributed by atoms with Gasteiger partial charge in [0.05, 0.1) is 5.69 Å². The molecule has 2 aromatic rings. The van der Waals surface area contributed by atoms with Gasteiger partial charge in [0, 0.05) is 12.1 Å². The number of hydrogen-bond acceptors (Lipinski definition) is 3. The fourth-order valence-corrected chi connectivity index (χ4v) is 3.44. The quantitative estimate of drug-likeness (QED) is 0.921. The first-order valence-electron chi connectivity index (χ1n) is 7.88. The molecule has 4 heteroatoms. The predicted octanol–water partition coefficient (Wildman–Crippen LogP) is 3.78. The summed E-state index contributed by atoms with van der Waals surface area (Å²) >= 11 is 0. The summed E-state index contributed by atoms with van der Waals surface area (Å²) in [6, 6.07) is 3.86. The number of aromatic nitrogens is 3. The van der Waals surface area contributed by atoms with Crippen molar-refractivity contribution in [3.8, 4) is 0 Å². The van der Waals surface area contributed by atoms with E-state index in [2.05, 4.69) is 21.5 Å². The molecule has 4 nitrogen and oxygen atoms in total. The van der Waals surface area contributed by atoms with Crippen LogP contribution in [0.2, 0.25) is 0 Å². The van der Waals surface area contributed by atoms with Gasteiger partial charge in [0.25, 0.3) is 0 Å². The van der Waals surface area contributed by atoms with Crippen molar-refractivity contribution >= 4 is 11.3 Å². The number of rotatable bonds is 4. The van der Waals surface area contributed by atoms with Gasteiger partial charge >= 0.3 is 0 Å². The zero-order valence-corrected chi connectivity index (χ0v) is 12.3. The van der Waals surface area contributed by atoms with E-state index in [1.807, 2.05) is 18.3 Å². The highest BCUT2D eigenvalue weighted by Crippen LogP contribution is 2.37. The molecule has 0 bridgehead atoms. The van der Waals surface area contributed by atoms with E-state index in [1.54, 1.807) is 0 Å². The zero-order chi connectivity index (χ0) is 13.9. The van der Waals surface area contributed by atoms with Crippen LogP contribution in [0, 0.1) is 5.92 Å². The largest absolute Gasteiger partial charge is 0.396 e. The van der Waals surface area contributed by atoms with Gasteiger partial charge in [0.1, 0.15) is 5.82 Å². The van der Waals surface area contributed by atoms with E-state index >= 15 is 0 Å². The lowest BCUT2D eigenvalue weighted by Gasteiger charge is -2.27.